The topological polar surface area (TPSA) is 173 Å². The zero-order valence-corrected chi connectivity index (χ0v) is 22.6. The quantitative estimate of drug-likeness (QED) is 0.505. The van der Waals surface area contributed by atoms with Crippen molar-refractivity contribution in [3.8, 4) is 6.07 Å². The number of hydrogen-bond acceptors (Lipinski definition) is 10. The number of rotatable bonds is 6. The average molecular weight is 552 g/mol. The van der Waals surface area contributed by atoms with Crippen LogP contribution in [0, 0.1) is 11.3 Å². The van der Waals surface area contributed by atoms with Crippen LogP contribution in [0.3, 0.4) is 0 Å². The molecule has 3 amide bonds. The molecule has 0 aliphatic carbocycles. The fourth-order valence-corrected chi connectivity index (χ4v) is 4.78. The number of ether oxygens (including phenoxy) is 3. The molecule has 2 saturated heterocycles. The van der Waals surface area contributed by atoms with Crippen LogP contribution in [0.25, 0.3) is 0 Å². The number of urea groups is 1. The van der Waals surface area contributed by atoms with Gasteiger partial charge in [-0.2, -0.15) is 5.26 Å². The Bertz CT molecular complexity index is 1290. The van der Waals surface area contributed by atoms with Crippen molar-refractivity contribution < 1.29 is 28.6 Å². The van der Waals surface area contributed by atoms with Crippen molar-refractivity contribution in [1.82, 2.24) is 14.9 Å². The molecule has 5 heterocycles. The third-order valence-corrected chi connectivity index (χ3v) is 7.04. The number of aromatic nitrogens is 2. The van der Waals surface area contributed by atoms with Gasteiger partial charge in [-0.1, -0.05) is 0 Å². The molecule has 0 aromatic carbocycles. The van der Waals surface area contributed by atoms with Crippen molar-refractivity contribution in [3.63, 3.8) is 0 Å². The molecule has 3 aliphatic rings. The summed E-state index contributed by atoms with van der Waals surface area (Å²) in [5, 5.41) is 11.6. The molecule has 5 rings (SSSR count). The van der Waals surface area contributed by atoms with Crippen LogP contribution in [-0.4, -0.2) is 85.8 Å². The second kappa shape index (κ2) is 13.3. The molecular formula is C27H33N7O6. The summed E-state index contributed by atoms with van der Waals surface area (Å²) in [4.78, 5) is 48.8. The number of hydrogen-bond donors (Lipinski definition) is 2. The number of fused-ring (bicyclic) bond motifs is 1. The Kier molecular flexibility index (Phi) is 9.60. The third kappa shape index (κ3) is 6.53. The van der Waals surface area contributed by atoms with Gasteiger partial charge in [-0.15, -0.1) is 0 Å². The number of methoxy groups -OCH3 is 2. The van der Waals surface area contributed by atoms with Crippen LogP contribution in [0.15, 0.2) is 18.3 Å². The van der Waals surface area contributed by atoms with E-state index in [0.717, 1.165) is 25.2 Å². The van der Waals surface area contributed by atoms with Crippen LogP contribution in [0.4, 0.5) is 22.1 Å². The maximum absolute atomic E-state index is 12.9. The van der Waals surface area contributed by atoms with Crippen molar-refractivity contribution >= 4 is 35.5 Å². The van der Waals surface area contributed by atoms with Crippen LogP contribution >= 0.6 is 0 Å². The summed E-state index contributed by atoms with van der Waals surface area (Å²) in [5.74, 6) is 0.493. The lowest BCUT2D eigenvalue weighted by molar-refractivity contribution is -0.136. The van der Waals surface area contributed by atoms with Crippen molar-refractivity contribution in [2.75, 3.05) is 56.5 Å². The molecule has 2 aromatic heterocycles. The molecule has 40 heavy (non-hydrogen) atoms. The molecule has 2 atom stereocenters. The summed E-state index contributed by atoms with van der Waals surface area (Å²) in [6.07, 6.45) is 4.91. The Morgan fingerprint density at radius 3 is 2.73 bits per heavy atom. The first-order chi connectivity index (χ1) is 19.4. The number of aryl methyl sites for hydroxylation is 1. The first kappa shape index (κ1) is 28.9. The Morgan fingerprint density at radius 2 is 2.12 bits per heavy atom. The van der Waals surface area contributed by atoms with Gasteiger partial charge in [-0.25, -0.2) is 14.8 Å². The predicted molar refractivity (Wildman–Crippen MR) is 145 cm³/mol. The van der Waals surface area contributed by atoms with Gasteiger partial charge in [0.1, 0.15) is 29.5 Å². The maximum atomic E-state index is 12.9. The van der Waals surface area contributed by atoms with E-state index in [-0.39, 0.29) is 35.2 Å². The van der Waals surface area contributed by atoms with E-state index >= 15 is 0 Å². The molecule has 0 spiro atoms. The molecule has 0 bridgehead atoms. The zero-order valence-electron chi connectivity index (χ0n) is 22.6. The summed E-state index contributed by atoms with van der Waals surface area (Å²) in [6, 6.07) is 4.70. The lowest BCUT2D eigenvalue weighted by atomic mass is 10.0. The highest BCUT2D eigenvalue weighted by atomic mass is 16.5. The molecule has 13 nitrogen and oxygen atoms in total. The number of nitrogen functional groups attached to an aromatic ring is 1. The highest BCUT2D eigenvalue weighted by molar-refractivity contribution is 6.01. The molecule has 0 radical (unpaired) electrons. The highest BCUT2D eigenvalue weighted by Gasteiger charge is 2.33. The van der Waals surface area contributed by atoms with Gasteiger partial charge in [0, 0.05) is 64.7 Å². The number of pyridine rings is 2. The van der Waals surface area contributed by atoms with Crippen LogP contribution in [0.2, 0.25) is 0 Å². The minimum Gasteiger partial charge on any atom is -0.398 e. The van der Waals surface area contributed by atoms with Crippen molar-refractivity contribution in [2.24, 2.45) is 0 Å². The number of carbonyl (C=O) groups is 3. The zero-order chi connectivity index (χ0) is 28.6. The van der Waals surface area contributed by atoms with E-state index in [0.29, 0.717) is 56.1 Å². The molecular weight excluding hydrogens is 518 g/mol. The number of anilines is 3. The van der Waals surface area contributed by atoms with Gasteiger partial charge in [0.05, 0.1) is 24.0 Å². The van der Waals surface area contributed by atoms with E-state index in [2.05, 4.69) is 15.3 Å². The number of nitriles is 1. The number of amides is 3. The van der Waals surface area contributed by atoms with Gasteiger partial charge in [-0.3, -0.25) is 19.8 Å². The van der Waals surface area contributed by atoms with Crippen LogP contribution in [0.1, 0.15) is 46.4 Å². The molecule has 0 saturated carbocycles. The summed E-state index contributed by atoms with van der Waals surface area (Å²) in [6.45, 7) is 2.88. The number of nitrogens with two attached hydrogens (primary N) is 1. The van der Waals surface area contributed by atoms with E-state index < -0.39 is 12.1 Å². The van der Waals surface area contributed by atoms with E-state index in [1.165, 1.54) is 24.3 Å². The minimum absolute atomic E-state index is 0.109. The number of nitrogens with one attached hydrogen (secondary N) is 1. The normalized spacial score (nSPS) is 19.9. The molecule has 3 N–H and O–H groups in total. The summed E-state index contributed by atoms with van der Waals surface area (Å²) >= 11 is 0. The van der Waals surface area contributed by atoms with Gasteiger partial charge in [0.15, 0.2) is 6.29 Å². The highest BCUT2D eigenvalue weighted by Crippen LogP contribution is 2.29. The van der Waals surface area contributed by atoms with Crippen molar-refractivity contribution in [2.45, 2.75) is 44.4 Å². The Hall–Kier alpha value is -4.12. The minimum atomic E-state index is -0.470. The predicted octanol–water partition coefficient (Wildman–Crippen LogP) is 1.90. The van der Waals surface area contributed by atoms with Crippen LogP contribution < -0.4 is 16.0 Å². The standard InChI is InChI=1S/C22H23N7O4.C5H10O2/c1-33-18-4-6-28(21(18)31)11-14-7-13-3-2-5-29(20(13)26-17(14)12-30)22(32)27-19-8-16(24)15(9-23)10-25-19;1-6-5-2-3-7-4-5/h7-8,10,12,18H,2-6,11H2,1H3,(H3,24,25,27,32);5H,2-4H2,1H3. The lowest BCUT2D eigenvalue weighted by Crippen LogP contribution is -2.40. The third-order valence-electron chi connectivity index (χ3n) is 7.04. The number of aldehydes is 1. The van der Waals surface area contributed by atoms with Crippen molar-refractivity contribution in [3.05, 3.63) is 40.7 Å². The lowest BCUT2D eigenvalue weighted by Gasteiger charge is -2.29. The maximum Gasteiger partial charge on any atom is 0.328 e. The molecule has 2 unspecified atom stereocenters. The first-order valence-corrected chi connectivity index (χ1v) is 13.0. The van der Waals surface area contributed by atoms with Gasteiger partial charge >= 0.3 is 6.03 Å². The summed E-state index contributed by atoms with van der Waals surface area (Å²) in [5.41, 5.74) is 7.86. The number of nitrogens with zero attached hydrogens (tertiary/aromatic N) is 5. The van der Waals surface area contributed by atoms with Crippen molar-refractivity contribution in [1.29, 1.82) is 5.26 Å². The van der Waals surface area contributed by atoms with Gasteiger partial charge in [-0.05, 0) is 30.9 Å². The summed E-state index contributed by atoms with van der Waals surface area (Å²) < 4.78 is 15.2. The molecule has 3 aliphatic heterocycles. The van der Waals surface area contributed by atoms with Crippen LogP contribution in [0.5, 0.6) is 0 Å². The van der Waals surface area contributed by atoms with Crippen LogP contribution in [-0.2, 0) is 32.0 Å². The van der Waals surface area contributed by atoms with E-state index in [9.17, 15) is 14.4 Å². The monoisotopic (exact) mass is 551 g/mol. The van der Waals surface area contributed by atoms with E-state index in [4.69, 9.17) is 25.2 Å². The molecule has 13 heteroatoms. The molecule has 2 aromatic rings. The molecule has 2 fully saturated rings. The largest absolute Gasteiger partial charge is 0.398 e. The average Bonchev–Trinajstić information content (AvgIpc) is 3.62. The van der Waals surface area contributed by atoms with Gasteiger partial charge in [0.2, 0.25) is 0 Å². The second-order valence-corrected chi connectivity index (χ2v) is 9.58. The fourth-order valence-electron chi connectivity index (χ4n) is 4.78. The Labute approximate surface area is 232 Å². The van der Waals surface area contributed by atoms with E-state index in [1.807, 2.05) is 12.1 Å². The second-order valence-electron chi connectivity index (χ2n) is 9.58. The smallest absolute Gasteiger partial charge is 0.328 e. The SMILES string of the molecule is COC1CCN(Cc2cc3c(nc2C=O)N(C(=O)Nc2cc(N)c(C#N)cn2)CCC3)C1=O.COC1CCOC1. The van der Waals surface area contributed by atoms with E-state index in [1.54, 1.807) is 12.0 Å². The number of likely N-dealkylation sites (tertiary alicyclic amines) is 1. The Morgan fingerprint density at radius 1 is 1.30 bits per heavy atom. The Balaban J connectivity index is 0.000000461. The number of carbonyl (C=O) groups excluding carboxylic acids is 3. The molecule has 212 valence electrons. The summed E-state index contributed by atoms with van der Waals surface area (Å²) in [7, 11) is 3.23. The fraction of sp³-hybridized carbons (Fsp3) is 0.481. The van der Waals surface area contributed by atoms with Gasteiger partial charge in [0.25, 0.3) is 5.91 Å². The first-order valence-electron chi connectivity index (χ1n) is 13.0. The van der Waals surface area contributed by atoms with Gasteiger partial charge < -0.3 is 24.8 Å².